The van der Waals surface area contributed by atoms with Crippen LogP contribution in [0.2, 0.25) is 10.0 Å². The number of hydrogen-bond donors (Lipinski definition) is 1. The molecule has 0 fully saturated rings. The first-order valence-corrected chi connectivity index (χ1v) is 12.2. The second-order valence-corrected chi connectivity index (χ2v) is 9.70. The maximum atomic E-state index is 13.9. The van der Waals surface area contributed by atoms with Crippen molar-refractivity contribution < 1.29 is 23.1 Å². The number of carbonyl (C=O) groups is 1. The quantitative estimate of drug-likeness (QED) is 0.316. The molecule has 0 saturated carbocycles. The Morgan fingerprint density at radius 1 is 0.875 bits per heavy atom. The Bertz CT molecular complexity index is 1010. The zero-order valence-electron chi connectivity index (χ0n) is 17.2. The van der Waals surface area contributed by atoms with E-state index < -0.39 is 19.5 Å². The molecule has 1 amide bonds. The molecule has 1 N–H and O–H groups in total. The molecule has 32 heavy (non-hydrogen) atoms. The molecular formula is C23H22Cl2NO5P. The van der Waals surface area contributed by atoms with Crippen LogP contribution in [-0.2, 0) is 15.9 Å². The van der Waals surface area contributed by atoms with Gasteiger partial charge < -0.3 is 19.1 Å². The normalized spacial score (nSPS) is 12.0. The summed E-state index contributed by atoms with van der Waals surface area (Å²) in [6, 6.07) is 21.9. The Balaban J connectivity index is 1.78. The highest BCUT2D eigenvalue weighted by Gasteiger charge is 2.40. The van der Waals surface area contributed by atoms with Crippen LogP contribution in [0.3, 0.4) is 0 Å². The highest BCUT2D eigenvalue weighted by atomic mass is 35.5. The lowest BCUT2D eigenvalue weighted by atomic mass is 10.2. The summed E-state index contributed by atoms with van der Waals surface area (Å²) in [6.07, 6.45) is -0.473. The van der Waals surface area contributed by atoms with E-state index >= 15 is 0 Å². The van der Waals surface area contributed by atoms with Gasteiger partial charge in [-0.1, -0.05) is 60.5 Å². The first-order valence-electron chi connectivity index (χ1n) is 9.85. The van der Waals surface area contributed by atoms with Crippen molar-refractivity contribution >= 4 is 36.9 Å². The van der Waals surface area contributed by atoms with E-state index in [1.54, 1.807) is 55.5 Å². The van der Waals surface area contributed by atoms with E-state index in [4.69, 9.17) is 37.0 Å². The standard InChI is InChI=1S/C23H22Cl2NO5P/c1-2-22(26-23(27)29-16-17-6-4-3-5-7-17)32(28,30-20-12-8-18(24)9-13-20)31-21-14-10-19(25)11-15-21/h3-15,22H,2,16H2,1H3,(H,26,27). The van der Waals surface area contributed by atoms with Crippen molar-refractivity contribution in [3.63, 3.8) is 0 Å². The fourth-order valence-corrected chi connectivity index (χ4v) is 4.82. The summed E-state index contributed by atoms with van der Waals surface area (Å²) >= 11 is 11.9. The lowest BCUT2D eigenvalue weighted by molar-refractivity contribution is 0.137. The van der Waals surface area contributed by atoms with E-state index in [1.807, 2.05) is 30.3 Å². The van der Waals surface area contributed by atoms with Crippen molar-refractivity contribution in [1.82, 2.24) is 5.32 Å². The summed E-state index contributed by atoms with van der Waals surface area (Å²) in [4.78, 5) is 12.4. The number of ether oxygens (including phenoxy) is 1. The molecule has 0 aromatic heterocycles. The molecule has 3 aromatic carbocycles. The summed E-state index contributed by atoms with van der Waals surface area (Å²) in [7, 11) is -3.95. The number of nitrogens with one attached hydrogen (secondary N) is 1. The molecule has 0 aliphatic heterocycles. The molecule has 0 aliphatic rings. The van der Waals surface area contributed by atoms with Crippen LogP contribution in [0, 0.1) is 0 Å². The number of amides is 1. The van der Waals surface area contributed by atoms with Gasteiger partial charge in [0.25, 0.3) is 0 Å². The molecule has 0 spiro atoms. The summed E-state index contributed by atoms with van der Waals surface area (Å²) in [5.41, 5.74) is 0.828. The molecule has 0 radical (unpaired) electrons. The van der Waals surface area contributed by atoms with E-state index in [2.05, 4.69) is 5.32 Å². The van der Waals surface area contributed by atoms with Crippen LogP contribution < -0.4 is 14.4 Å². The monoisotopic (exact) mass is 493 g/mol. The second kappa shape index (κ2) is 11.3. The molecule has 6 nitrogen and oxygen atoms in total. The lowest BCUT2D eigenvalue weighted by Gasteiger charge is -2.27. The first kappa shape index (κ1) is 24.0. The average molecular weight is 494 g/mol. The fraction of sp³-hybridized carbons (Fsp3) is 0.174. The van der Waals surface area contributed by atoms with Gasteiger partial charge in [0.15, 0.2) is 5.78 Å². The molecule has 1 unspecified atom stereocenters. The Morgan fingerprint density at radius 3 is 1.84 bits per heavy atom. The van der Waals surface area contributed by atoms with Crippen LogP contribution in [0.1, 0.15) is 18.9 Å². The Morgan fingerprint density at radius 2 is 1.38 bits per heavy atom. The van der Waals surface area contributed by atoms with Crippen LogP contribution in [0.4, 0.5) is 4.79 Å². The Hall–Kier alpha value is -2.66. The first-order chi connectivity index (χ1) is 15.4. The Labute approximate surface area is 196 Å². The number of benzene rings is 3. The summed E-state index contributed by atoms with van der Waals surface area (Å²) in [5, 5.41) is 3.62. The SMILES string of the molecule is CCC(NC(=O)OCc1ccccc1)P(=O)(Oc1ccc(Cl)cc1)Oc1ccc(Cl)cc1. The van der Waals surface area contributed by atoms with Gasteiger partial charge in [-0.15, -0.1) is 0 Å². The van der Waals surface area contributed by atoms with Crippen LogP contribution in [-0.4, -0.2) is 11.9 Å². The van der Waals surface area contributed by atoms with Crippen molar-refractivity contribution in [2.45, 2.75) is 25.7 Å². The summed E-state index contributed by atoms with van der Waals surface area (Å²) in [5.74, 6) is -0.411. The van der Waals surface area contributed by atoms with Crippen molar-refractivity contribution in [2.75, 3.05) is 0 Å². The average Bonchev–Trinajstić information content (AvgIpc) is 2.80. The third kappa shape index (κ3) is 6.92. The second-order valence-electron chi connectivity index (χ2n) is 6.76. The number of carbonyl (C=O) groups excluding carboxylic acids is 1. The maximum Gasteiger partial charge on any atom is 0.453 e. The van der Waals surface area contributed by atoms with E-state index in [0.717, 1.165) is 5.56 Å². The third-order valence-electron chi connectivity index (χ3n) is 4.36. The molecule has 0 bridgehead atoms. The van der Waals surface area contributed by atoms with E-state index in [0.29, 0.717) is 10.0 Å². The summed E-state index contributed by atoms with van der Waals surface area (Å²) < 4.78 is 30.7. The maximum absolute atomic E-state index is 13.9. The van der Waals surface area contributed by atoms with Gasteiger partial charge in [0.2, 0.25) is 0 Å². The minimum atomic E-state index is -3.95. The molecule has 1 atom stereocenters. The number of halogens is 2. The highest BCUT2D eigenvalue weighted by molar-refractivity contribution is 7.55. The van der Waals surface area contributed by atoms with E-state index in [9.17, 15) is 9.36 Å². The van der Waals surface area contributed by atoms with Crippen molar-refractivity contribution in [2.24, 2.45) is 0 Å². The van der Waals surface area contributed by atoms with Crippen LogP contribution >= 0.6 is 30.8 Å². The molecule has 0 aliphatic carbocycles. The van der Waals surface area contributed by atoms with Gasteiger partial charge in [-0.2, -0.15) is 0 Å². The number of hydrogen-bond acceptors (Lipinski definition) is 5. The molecule has 168 valence electrons. The van der Waals surface area contributed by atoms with Crippen molar-refractivity contribution in [3.05, 3.63) is 94.5 Å². The molecule has 3 rings (SSSR count). The van der Waals surface area contributed by atoms with Crippen LogP contribution in [0.5, 0.6) is 11.5 Å². The fourth-order valence-electron chi connectivity index (χ4n) is 2.74. The zero-order chi connectivity index (χ0) is 23.0. The van der Waals surface area contributed by atoms with E-state index in [-0.39, 0.29) is 24.5 Å². The number of alkyl carbamates (subject to hydrolysis) is 1. The largest absolute Gasteiger partial charge is 0.453 e. The molecule has 9 heteroatoms. The smallest absolute Gasteiger partial charge is 0.445 e. The van der Waals surface area contributed by atoms with E-state index in [1.165, 1.54) is 0 Å². The lowest BCUT2D eigenvalue weighted by Crippen LogP contribution is -2.37. The minimum Gasteiger partial charge on any atom is -0.445 e. The predicted octanol–water partition coefficient (Wildman–Crippen LogP) is 7.31. The number of rotatable bonds is 9. The third-order valence-corrected chi connectivity index (χ3v) is 7.05. The topological polar surface area (TPSA) is 73.9 Å². The zero-order valence-corrected chi connectivity index (χ0v) is 19.6. The molecule has 3 aromatic rings. The van der Waals surface area contributed by atoms with Gasteiger partial charge in [-0.25, -0.2) is 9.36 Å². The van der Waals surface area contributed by atoms with Crippen LogP contribution in [0.15, 0.2) is 78.9 Å². The van der Waals surface area contributed by atoms with Gasteiger partial charge in [-0.05, 0) is 60.5 Å². The van der Waals surface area contributed by atoms with Gasteiger partial charge >= 0.3 is 13.7 Å². The van der Waals surface area contributed by atoms with Gasteiger partial charge in [-0.3, -0.25) is 0 Å². The van der Waals surface area contributed by atoms with Gasteiger partial charge in [0.05, 0.1) is 0 Å². The highest BCUT2D eigenvalue weighted by Crippen LogP contribution is 2.53. The van der Waals surface area contributed by atoms with Gasteiger partial charge in [0.1, 0.15) is 18.1 Å². The predicted molar refractivity (Wildman–Crippen MR) is 126 cm³/mol. The molecule has 0 saturated heterocycles. The summed E-state index contributed by atoms with van der Waals surface area (Å²) in [6.45, 7) is 1.83. The minimum absolute atomic E-state index is 0.0729. The van der Waals surface area contributed by atoms with Crippen LogP contribution in [0.25, 0.3) is 0 Å². The van der Waals surface area contributed by atoms with Crippen molar-refractivity contribution in [3.8, 4) is 11.5 Å². The molecule has 0 heterocycles. The molecular weight excluding hydrogens is 472 g/mol. The van der Waals surface area contributed by atoms with Gasteiger partial charge in [0, 0.05) is 10.0 Å². The Kier molecular flexibility index (Phi) is 8.46. The van der Waals surface area contributed by atoms with Crippen molar-refractivity contribution in [1.29, 1.82) is 0 Å².